The normalized spacial score (nSPS) is 12.5. The van der Waals surface area contributed by atoms with E-state index < -0.39 is 0 Å². The van der Waals surface area contributed by atoms with Crippen LogP contribution in [0.2, 0.25) is 5.02 Å². The molecule has 0 aliphatic carbocycles. The lowest BCUT2D eigenvalue weighted by Gasteiger charge is -1.98. The molecule has 0 unspecified atom stereocenters. The summed E-state index contributed by atoms with van der Waals surface area (Å²) in [5.74, 6) is 0. The van der Waals surface area contributed by atoms with Gasteiger partial charge in [0.1, 0.15) is 10.9 Å². The van der Waals surface area contributed by atoms with Crippen molar-refractivity contribution in [2.75, 3.05) is 0 Å². The highest BCUT2D eigenvalue weighted by Crippen LogP contribution is 2.16. The SMILES string of the molecule is C=CN=C(Cl)/C=C/N=Cc1nccc(C)c1Cl. The molecule has 0 amide bonds. The predicted octanol–water partition coefficient (Wildman–Crippen LogP) is 3.76. The summed E-state index contributed by atoms with van der Waals surface area (Å²) in [4.78, 5) is 11.9. The number of aromatic nitrogens is 1. The van der Waals surface area contributed by atoms with Crippen LogP contribution in [-0.2, 0) is 0 Å². The molecule has 0 saturated heterocycles. The van der Waals surface area contributed by atoms with Gasteiger partial charge in [0.15, 0.2) is 0 Å². The molecule has 5 heteroatoms. The molecule has 0 aliphatic heterocycles. The summed E-state index contributed by atoms with van der Waals surface area (Å²) in [6, 6.07) is 1.84. The van der Waals surface area contributed by atoms with Gasteiger partial charge in [0.2, 0.25) is 0 Å². The lowest BCUT2D eigenvalue weighted by Crippen LogP contribution is -1.90. The van der Waals surface area contributed by atoms with E-state index in [0.717, 1.165) is 5.56 Å². The van der Waals surface area contributed by atoms with Gasteiger partial charge in [-0.1, -0.05) is 29.8 Å². The Bertz CT molecular complexity index is 491. The lowest BCUT2D eigenvalue weighted by molar-refractivity contribution is 1.26. The Morgan fingerprint density at radius 2 is 2.29 bits per heavy atom. The minimum atomic E-state index is 0.306. The molecule has 88 valence electrons. The average Bonchev–Trinajstić information content (AvgIpc) is 2.30. The van der Waals surface area contributed by atoms with Gasteiger partial charge >= 0.3 is 0 Å². The van der Waals surface area contributed by atoms with Crippen molar-refractivity contribution in [3.05, 3.63) is 53.6 Å². The molecule has 1 aromatic rings. The number of pyridine rings is 1. The van der Waals surface area contributed by atoms with Gasteiger partial charge in [-0.25, -0.2) is 4.99 Å². The molecule has 0 spiro atoms. The molecule has 0 saturated carbocycles. The molecule has 0 aliphatic rings. The van der Waals surface area contributed by atoms with E-state index in [1.807, 2.05) is 13.0 Å². The highest BCUT2D eigenvalue weighted by atomic mass is 35.5. The Balaban J connectivity index is 2.75. The molecule has 0 aromatic carbocycles. The van der Waals surface area contributed by atoms with Gasteiger partial charge in [0.25, 0.3) is 0 Å². The number of hydrogen-bond donors (Lipinski definition) is 0. The first-order valence-corrected chi connectivity index (χ1v) is 5.55. The van der Waals surface area contributed by atoms with E-state index in [4.69, 9.17) is 23.2 Å². The molecule has 3 nitrogen and oxygen atoms in total. The van der Waals surface area contributed by atoms with Crippen molar-refractivity contribution >= 4 is 34.6 Å². The van der Waals surface area contributed by atoms with Crippen molar-refractivity contribution in [2.24, 2.45) is 9.98 Å². The minimum Gasteiger partial charge on any atom is -0.262 e. The van der Waals surface area contributed by atoms with Crippen molar-refractivity contribution in [3.8, 4) is 0 Å². The Morgan fingerprint density at radius 3 is 3.00 bits per heavy atom. The lowest BCUT2D eigenvalue weighted by atomic mass is 10.2. The summed E-state index contributed by atoms with van der Waals surface area (Å²) in [5.41, 5.74) is 1.58. The molecule has 1 rings (SSSR count). The predicted molar refractivity (Wildman–Crippen MR) is 74.2 cm³/mol. The van der Waals surface area contributed by atoms with Gasteiger partial charge in [-0.15, -0.1) is 0 Å². The van der Waals surface area contributed by atoms with Crippen LogP contribution in [0.15, 0.2) is 47.3 Å². The van der Waals surface area contributed by atoms with Crippen molar-refractivity contribution in [2.45, 2.75) is 6.92 Å². The van der Waals surface area contributed by atoms with Crippen LogP contribution >= 0.6 is 23.2 Å². The molecule has 17 heavy (non-hydrogen) atoms. The quantitative estimate of drug-likeness (QED) is 0.766. The summed E-state index contributed by atoms with van der Waals surface area (Å²) in [7, 11) is 0. The van der Waals surface area contributed by atoms with Crippen LogP contribution in [-0.4, -0.2) is 16.4 Å². The molecule has 0 N–H and O–H groups in total. The maximum atomic E-state index is 6.04. The highest BCUT2D eigenvalue weighted by Gasteiger charge is 2.00. The molecule has 1 aromatic heterocycles. The highest BCUT2D eigenvalue weighted by molar-refractivity contribution is 6.68. The summed E-state index contributed by atoms with van der Waals surface area (Å²) in [6.45, 7) is 5.33. The van der Waals surface area contributed by atoms with E-state index in [1.54, 1.807) is 18.5 Å². The molecule has 0 atom stereocenters. The number of rotatable bonds is 4. The molecule has 0 bridgehead atoms. The second-order valence-electron chi connectivity index (χ2n) is 3.06. The number of aryl methyl sites for hydroxylation is 1. The van der Waals surface area contributed by atoms with E-state index >= 15 is 0 Å². The number of aliphatic imine (C=N–C) groups is 2. The smallest absolute Gasteiger partial charge is 0.130 e. The van der Waals surface area contributed by atoms with Crippen LogP contribution in [0, 0.1) is 6.92 Å². The molecule has 1 heterocycles. The van der Waals surface area contributed by atoms with E-state index in [9.17, 15) is 0 Å². The summed E-state index contributed by atoms with van der Waals surface area (Å²) in [6.07, 6.45) is 7.65. The third kappa shape index (κ3) is 4.51. The fourth-order valence-corrected chi connectivity index (χ4v) is 1.29. The van der Waals surface area contributed by atoms with Crippen LogP contribution in [0.4, 0.5) is 0 Å². The van der Waals surface area contributed by atoms with Gasteiger partial charge in [-0.2, -0.15) is 0 Å². The van der Waals surface area contributed by atoms with Crippen LogP contribution in [0.5, 0.6) is 0 Å². The molecule has 0 fully saturated rings. The second-order valence-corrected chi connectivity index (χ2v) is 3.82. The average molecular weight is 268 g/mol. The van der Waals surface area contributed by atoms with Gasteiger partial charge < -0.3 is 0 Å². The second kappa shape index (κ2) is 6.99. The first-order valence-electron chi connectivity index (χ1n) is 4.80. The Morgan fingerprint density at radius 1 is 1.53 bits per heavy atom. The van der Waals surface area contributed by atoms with Crippen molar-refractivity contribution in [3.63, 3.8) is 0 Å². The van der Waals surface area contributed by atoms with Gasteiger partial charge in [0, 0.05) is 18.6 Å². The zero-order chi connectivity index (χ0) is 12.7. The third-order valence-corrected chi connectivity index (χ3v) is 2.53. The van der Waals surface area contributed by atoms with Crippen molar-refractivity contribution < 1.29 is 0 Å². The summed E-state index contributed by atoms with van der Waals surface area (Å²) < 4.78 is 0. The van der Waals surface area contributed by atoms with Gasteiger partial charge in [0.05, 0.1) is 11.2 Å². The molecular weight excluding hydrogens is 257 g/mol. The van der Waals surface area contributed by atoms with E-state index in [1.165, 1.54) is 12.4 Å². The fourth-order valence-electron chi connectivity index (χ4n) is 1.000. The van der Waals surface area contributed by atoms with Crippen molar-refractivity contribution in [1.82, 2.24) is 4.98 Å². The molecule has 0 radical (unpaired) electrons. The van der Waals surface area contributed by atoms with Gasteiger partial charge in [-0.05, 0) is 24.6 Å². The number of halogens is 2. The third-order valence-electron chi connectivity index (χ3n) is 1.82. The minimum absolute atomic E-state index is 0.306. The monoisotopic (exact) mass is 267 g/mol. The Labute approximate surface area is 110 Å². The number of hydrogen-bond acceptors (Lipinski definition) is 3. The zero-order valence-corrected chi connectivity index (χ0v) is 10.8. The number of allylic oxidation sites excluding steroid dienone is 1. The van der Waals surface area contributed by atoms with Crippen LogP contribution in [0.25, 0.3) is 0 Å². The van der Waals surface area contributed by atoms with Crippen LogP contribution in [0.1, 0.15) is 11.3 Å². The largest absolute Gasteiger partial charge is 0.262 e. The topological polar surface area (TPSA) is 37.6 Å². The van der Waals surface area contributed by atoms with Crippen LogP contribution in [0.3, 0.4) is 0 Å². The first kappa shape index (κ1) is 13.6. The number of nitrogens with zero attached hydrogens (tertiary/aromatic N) is 3. The maximum absolute atomic E-state index is 6.04. The van der Waals surface area contributed by atoms with E-state index in [0.29, 0.717) is 15.9 Å². The van der Waals surface area contributed by atoms with Crippen LogP contribution < -0.4 is 0 Å². The Kier molecular flexibility index (Phi) is 5.60. The van der Waals surface area contributed by atoms with E-state index in [-0.39, 0.29) is 0 Å². The maximum Gasteiger partial charge on any atom is 0.130 e. The fraction of sp³-hybridized carbons (Fsp3) is 0.0833. The first-order chi connectivity index (χ1) is 8.15. The zero-order valence-electron chi connectivity index (χ0n) is 9.27. The summed E-state index contributed by atoms with van der Waals surface area (Å²) >= 11 is 11.7. The van der Waals surface area contributed by atoms with E-state index in [2.05, 4.69) is 21.5 Å². The molecular formula is C12H11Cl2N3. The summed E-state index contributed by atoms with van der Waals surface area (Å²) in [5, 5.41) is 0.899. The standard InChI is InChI=1S/C12H11Cl2N3/c1-3-16-11(13)5-6-15-8-10-12(14)9(2)4-7-17-10/h3-8H,1H2,2H3/b6-5+,15-8?,16-11?. The van der Waals surface area contributed by atoms with Gasteiger partial charge in [-0.3, -0.25) is 9.98 Å². The van der Waals surface area contributed by atoms with Crippen molar-refractivity contribution in [1.29, 1.82) is 0 Å². The Hall–Kier alpha value is -1.45.